The summed E-state index contributed by atoms with van der Waals surface area (Å²) in [7, 11) is 1.14. The molecule has 0 saturated heterocycles. The molecule has 9 heteroatoms. The number of ether oxygens (including phenoxy) is 1. The molecule has 26 heavy (non-hydrogen) atoms. The summed E-state index contributed by atoms with van der Waals surface area (Å²) in [5.74, 6) is -3.84. The Morgan fingerprint density at radius 3 is 2.46 bits per heavy atom. The normalized spacial score (nSPS) is 12.8. The minimum atomic E-state index is -5.20. The monoisotopic (exact) mass is 383 g/mol. The van der Waals surface area contributed by atoms with Gasteiger partial charge in [-0.25, -0.2) is 4.79 Å². The Labute approximate surface area is 150 Å². The number of methoxy groups -OCH3 is 1. The van der Waals surface area contributed by atoms with E-state index < -0.39 is 29.3 Å². The van der Waals surface area contributed by atoms with Crippen LogP contribution in [0.25, 0.3) is 5.76 Å². The van der Waals surface area contributed by atoms with Crippen LogP contribution in [0, 0.1) is 0 Å². The Hall–Kier alpha value is -2.94. The van der Waals surface area contributed by atoms with Gasteiger partial charge in [0.25, 0.3) is 5.78 Å². The van der Waals surface area contributed by atoms with E-state index in [9.17, 15) is 27.9 Å². The number of nitrogens with zero attached hydrogens (tertiary/aromatic N) is 1. The van der Waals surface area contributed by atoms with Gasteiger partial charge in [0, 0.05) is 6.21 Å². The zero-order valence-electron chi connectivity index (χ0n) is 13.3. The number of para-hydroxylation sites is 1. The number of thiophene rings is 1. The van der Waals surface area contributed by atoms with E-state index in [1.165, 1.54) is 41.8 Å². The maximum Gasteiger partial charge on any atom is 0.455 e. The molecule has 2 rings (SSSR count). The Morgan fingerprint density at radius 1 is 1.19 bits per heavy atom. The molecule has 0 spiro atoms. The van der Waals surface area contributed by atoms with Crippen molar-refractivity contribution in [1.82, 2.24) is 0 Å². The second-order valence-corrected chi connectivity index (χ2v) is 5.78. The number of carbonyl (C=O) groups is 2. The number of hydrogen-bond donors (Lipinski definition) is 1. The molecule has 2 aromatic rings. The van der Waals surface area contributed by atoms with Crippen molar-refractivity contribution < 1.29 is 32.6 Å². The van der Waals surface area contributed by atoms with E-state index in [0.717, 1.165) is 18.4 Å². The van der Waals surface area contributed by atoms with E-state index in [1.54, 1.807) is 0 Å². The lowest BCUT2D eigenvalue weighted by Crippen LogP contribution is -2.26. The van der Waals surface area contributed by atoms with Gasteiger partial charge in [-0.05, 0) is 23.6 Å². The van der Waals surface area contributed by atoms with Crippen molar-refractivity contribution >= 4 is 40.8 Å². The number of halogens is 3. The molecule has 5 nitrogen and oxygen atoms in total. The smallest absolute Gasteiger partial charge is 0.455 e. The van der Waals surface area contributed by atoms with Crippen molar-refractivity contribution in [2.45, 2.75) is 6.18 Å². The van der Waals surface area contributed by atoms with E-state index in [2.05, 4.69) is 9.73 Å². The SMILES string of the molecule is COC(=O)c1ccccc1N=C/C(C(=O)C(F)(F)F)=C(\O)c1cccs1. The Balaban J connectivity index is 2.53. The molecule has 1 aromatic heterocycles. The van der Waals surface area contributed by atoms with Crippen LogP contribution < -0.4 is 0 Å². The lowest BCUT2D eigenvalue weighted by Gasteiger charge is -2.08. The van der Waals surface area contributed by atoms with Crippen molar-refractivity contribution in [2.75, 3.05) is 7.11 Å². The number of allylic oxidation sites excluding steroid dienone is 1. The number of alkyl halides is 3. The van der Waals surface area contributed by atoms with Crippen molar-refractivity contribution in [2.24, 2.45) is 4.99 Å². The third kappa shape index (κ3) is 4.37. The quantitative estimate of drug-likeness (QED) is 0.361. The van der Waals surface area contributed by atoms with Gasteiger partial charge in [-0.1, -0.05) is 18.2 Å². The Bertz CT molecular complexity index is 870. The minimum absolute atomic E-state index is 0.000621. The first-order valence-electron chi connectivity index (χ1n) is 7.05. The maximum absolute atomic E-state index is 12.9. The molecular weight excluding hydrogens is 371 g/mol. The fourth-order valence-electron chi connectivity index (χ4n) is 1.93. The van der Waals surface area contributed by atoms with Gasteiger partial charge >= 0.3 is 12.1 Å². The highest BCUT2D eigenvalue weighted by Crippen LogP contribution is 2.28. The summed E-state index contributed by atoms with van der Waals surface area (Å²) >= 11 is 0.958. The average Bonchev–Trinajstić information content (AvgIpc) is 3.15. The molecule has 1 N–H and O–H groups in total. The highest BCUT2D eigenvalue weighted by Gasteiger charge is 2.41. The van der Waals surface area contributed by atoms with Crippen molar-refractivity contribution in [3.63, 3.8) is 0 Å². The van der Waals surface area contributed by atoms with Gasteiger partial charge in [-0.3, -0.25) is 9.79 Å². The number of Topliss-reactive ketones (excluding diaryl/α,β-unsaturated/α-hetero) is 1. The topological polar surface area (TPSA) is 76.0 Å². The second kappa shape index (κ2) is 7.96. The van der Waals surface area contributed by atoms with E-state index in [0.29, 0.717) is 6.21 Å². The van der Waals surface area contributed by atoms with E-state index in [1.807, 2.05) is 0 Å². The number of carbonyl (C=O) groups excluding carboxylic acids is 2. The fraction of sp³-hybridized carbons (Fsp3) is 0.118. The molecule has 1 heterocycles. The zero-order chi connectivity index (χ0) is 19.3. The predicted molar refractivity (Wildman–Crippen MR) is 90.9 cm³/mol. The minimum Gasteiger partial charge on any atom is -0.506 e. The number of ketones is 1. The van der Waals surface area contributed by atoms with Gasteiger partial charge in [0.05, 0.1) is 28.8 Å². The summed E-state index contributed by atoms with van der Waals surface area (Å²) in [6.45, 7) is 0. The number of hydrogen-bond acceptors (Lipinski definition) is 6. The van der Waals surface area contributed by atoms with Crippen LogP contribution in [0.1, 0.15) is 15.2 Å². The molecule has 0 aliphatic carbocycles. The third-order valence-electron chi connectivity index (χ3n) is 3.15. The lowest BCUT2D eigenvalue weighted by molar-refractivity contribution is -0.165. The van der Waals surface area contributed by atoms with E-state index in [4.69, 9.17) is 0 Å². The first kappa shape index (κ1) is 19.4. The molecule has 0 aliphatic rings. The standard InChI is InChI=1S/C17H12F3NO4S/c1-25-16(24)10-5-2-3-6-12(10)21-9-11(15(23)17(18,19)20)14(22)13-7-4-8-26-13/h2-9,22H,1H3/b14-11+,21-9?. The highest BCUT2D eigenvalue weighted by molar-refractivity contribution is 7.11. The summed E-state index contributed by atoms with van der Waals surface area (Å²) < 4.78 is 43.2. The fourth-order valence-corrected chi connectivity index (χ4v) is 2.61. The van der Waals surface area contributed by atoms with Crippen LogP contribution in [0.4, 0.5) is 18.9 Å². The number of benzene rings is 1. The van der Waals surface area contributed by atoms with Gasteiger partial charge in [0.2, 0.25) is 0 Å². The van der Waals surface area contributed by atoms with Crippen LogP contribution in [0.2, 0.25) is 0 Å². The van der Waals surface area contributed by atoms with E-state index >= 15 is 0 Å². The molecule has 0 bridgehead atoms. The molecule has 0 amide bonds. The predicted octanol–water partition coefficient (Wildman–Crippen LogP) is 4.34. The summed E-state index contributed by atoms with van der Waals surface area (Å²) in [5.41, 5.74) is -1.04. The molecule has 1 aromatic carbocycles. The number of rotatable bonds is 5. The molecular formula is C17H12F3NO4S. The van der Waals surface area contributed by atoms with Crippen molar-refractivity contribution in [3.05, 3.63) is 57.8 Å². The zero-order valence-corrected chi connectivity index (χ0v) is 14.1. The molecule has 0 unspecified atom stereocenters. The summed E-state index contributed by atoms with van der Waals surface area (Å²) in [6, 6.07) is 8.63. The third-order valence-corrected chi connectivity index (χ3v) is 4.03. The van der Waals surface area contributed by atoms with Crippen LogP contribution in [-0.4, -0.2) is 36.4 Å². The van der Waals surface area contributed by atoms with Gasteiger partial charge in [0.15, 0.2) is 0 Å². The lowest BCUT2D eigenvalue weighted by atomic mass is 10.1. The number of esters is 1. The summed E-state index contributed by atoms with van der Waals surface area (Å²) in [6.07, 6.45) is -4.61. The van der Waals surface area contributed by atoms with E-state index in [-0.39, 0.29) is 16.1 Å². The first-order valence-corrected chi connectivity index (χ1v) is 7.93. The molecule has 0 saturated carbocycles. The number of aliphatic imine (C=N–C) groups is 1. The Kier molecular flexibility index (Phi) is 5.93. The summed E-state index contributed by atoms with van der Waals surface area (Å²) in [5, 5.41) is 11.6. The van der Waals surface area contributed by atoms with Crippen LogP contribution in [0.5, 0.6) is 0 Å². The Morgan fingerprint density at radius 2 is 1.88 bits per heavy atom. The van der Waals surface area contributed by atoms with Crippen LogP contribution >= 0.6 is 11.3 Å². The second-order valence-electron chi connectivity index (χ2n) is 4.83. The van der Waals surface area contributed by atoms with Gasteiger partial charge in [-0.15, -0.1) is 11.3 Å². The van der Waals surface area contributed by atoms with Crippen molar-refractivity contribution in [1.29, 1.82) is 0 Å². The number of aliphatic hydroxyl groups excluding tert-OH is 1. The largest absolute Gasteiger partial charge is 0.506 e. The van der Waals surface area contributed by atoms with Gasteiger partial charge < -0.3 is 9.84 Å². The van der Waals surface area contributed by atoms with Gasteiger partial charge in [0.1, 0.15) is 5.76 Å². The van der Waals surface area contributed by atoms with Crippen LogP contribution in [0.15, 0.2) is 52.3 Å². The van der Waals surface area contributed by atoms with Gasteiger partial charge in [-0.2, -0.15) is 13.2 Å². The molecule has 0 radical (unpaired) electrons. The maximum atomic E-state index is 12.9. The average molecular weight is 383 g/mol. The molecule has 136 valence electrons. The molecule has 0 fully saturated rings. The van der Waals surface area contributed by atoms with Crippen molar-refractivity contribution in [3.8, 4) is 0 Å². The molecule has 0 atom stereocenters. The summed E-state index contributed by atoms with van der Waals surface area (Å²) in [4.78, 5) is 27.2. The van der Waals surface area contributed by atoms with Crippen LogP contribution in [0.3, 0.4) is 0 Å². The first-order chi connectivity index (χ1) is 12.3. The van der Waals surface area contributed by atoms with Crippen LogP contribution in [-0.2, 0) is 9.53 Å². The highest BCUT2D eigenvalue weighted by atomic mass is 32.1. The molecule has 0 aliphatic heterocycles. The number of aliphatic hydroxyl groups is 1.